The van der Waals surface area contributed by atoms with Gasteiger partial charge >= 0.3 is 6.03 Å². The molecule has 1 aliphatic carbocycles. The molecule has 3 aromatic rings. The Morgan fingerprint density at radius 3 is 2.67 bits per heavy atom. The van der Waals surface area contributed by atoms with E-state index >= 15 is 0 Å². The molecule has 5 rings (SSSR count). The molecule has 0 saturated heterocycles. The largest absolute Gasteiger partial charge is 0.343 e. The van der Waals surface area contributed by atoms with Gasteiger partial charge in [-0.1, -0.05) is 49.2 Å². The summed E-state index contributed by atoms with van der Waals surface area (Å²) < 4.78 is 0. The molecule has 1 fully saturated rings. The second kappa shape index (κ2) is 7.48. The maximum atomic E-state index is 12.9. The van der Waals surface area contributed by atoms with Gasteiger partial charge in [0.1, 0.15) is 5.69 Å². The van der Waals surface area contributed by atoms with Gasteiger partial charge in [0.25, 0.3) is 0 Å². The van der Waals surface area contributed by atoms with Crippen molar-refractivity contribution in [3.05, 3.63) is 48.7 Å². The summed E-state index contributed by atoms with van der Waals surface area (Å²) in [5.74, 6) is 1.33. The summed E-state index contributed by atoms with van der Waals surface area (Å²) >= 11 is 0. The summed E-state index contributed by atoms with van der Waals surface area (Å²) in [6, 6.07) is 14.7. The average molecular weight is 403 g/mol. The number of carbonyl (C=O) groups excluding carboxylic acids is 1. The molecular formula is C23H26N6O. The molecule has 2 aliphatic rings. The second-order valence-corrected chi connectivity index (χ2v) is 7.89. The van der Waals surface area contributed by atoms with Gasteiger partial charge in [-0.15, -0.1) is 0 Å². The van der Waals surface area contributed by atoms with Crippen LogP contribution in [0.3, 0.4) is 0 Å². The van der Waals surface area contributed by atoms with E-state index in [4.69, 9.17) is 4.98 Å². The zero-order valence-electron chi connectivity index (χ0n) is 17.4. The SMILES string of the molecule is CCN1C(=O)N(C)c2cnc(Nc3cccc4ccccc34)nc2N1C1CCCC1. The number of carbonyl (C=O) groups is 1. The molecule has 0 unspecified atom stereocenters. The minimum absolute atomic E-state index is 0.0322. The van der Waals surface area contributed by atoms with Gasteiger partial charge in [0.15, 0.2) is 5.82 Å². The number of anilines is 4. The summed E-state index contributed by atoms with van der Waals surface area (Å²) in [6.45, 7) is 2.62. The summed E-state index contributed by atoms with van der Waals surface area (Å²) in [7, 11) is 1.79. The first kappa shape index (κ1) is 18.7. The number of fused-ring (bicyclic) bond motifs is 2. The van der Waals surface area contributed by atoms with Gasteiger partial charge < -0.3 is 5.32 Å². The Balaban J connectivity index is 1.57. The van der Waals surface area contributed by atoms with E-state index in [0.29, 0.717) is 18.5 Å². The van der Waals surface area contributed by atoms with Crippen molar-refractivity contribution < 1.29 is 4.79 Å². The zero-order valence-corrected chi connectivity index (χ0v) is 17.4. The fourth-order valence-corrected chi connectivity index (χ4v) is 4.58. The molecular weight excluding hydrogens is 376 g/mol. The topological polar surface area (TPSA) is 64.6 Å². The van der Waals surface area contributed by atoms with Crippen molar-refractivity contribution in [2.24, 2.45) is 0 Å². The van der Waals surface area contributed by atoms with E-state index in [1.807, 2.05) is 36.2 Å². The van der Waals surface area contributed by atoms with Crippen LogP contribution in [0.1, 0.15) is 32.6 Å². The summed E-state index contributed by atoms with van der Waals surface area (Å²) in [5.41, 5.74) is 1.72. The first-order valence-corrected chi connectivity index (χ1v) is 10.6. The fourth-order valence-electron chi connectivity index (χ4n) is 4.58. The molecule has 154 valence electrons. The molecule has 0 spiro atoms. The van der Waals surface area contributed by atoms with Crippen LogP contribution in [-0.2, 0) is 0 Å². The van der Waals surface area contributed by atoms with E-state index in [2.05, 4.69) is 33.5 Å². The molecule has 2 heterocycles. The number of nitrogens with zero attached hydrogens (tertiary/aromatic N) is 5. The van der Waals surface area contributed by atoms with E-state index in [1.54, 1.807) is 18.1 Å². The fraction of sp³-hybridized carbons (Fsp3) is 0.348. The Bertz CT molecular complexity index is 1090. The normalized spacial score (nSPS) is 17.0. The maximum absolute atomic E-state index is 12.9. The first-order valence-electron chi connectivity index (χ1n) is 10.6. The minimum atomic E-state index is -0.0322. The number of nitrogens with one attached hydrogen (secondary N) is 1. The molecule has 1 N–H and O–H groups in total. The number of hydrazine groups is 1. The monoisotopic (exact) mass is 402 g/mol. The van der Waals surface area contributed by atoms with Crippen molar-refractivity contribution in [3.63, 3.8) is 0 Å². The van der Waals surface area contributed by atoms with Crippen LogP contribution < -0.4 is 15.2 Å². The Labute approximate surface area is 176 Å². The number of hydrogen-bond donors (Lipinski definition) is 1. The van der Waals surface area contributed by atoms with E-state index in [1.165, 1.54) is 12.8 Å². The Morgan fingerprint density at radius 2 is 1.87 bits per heavy atom. The molecule has 0 radical (unpaired) electrons. The second-order valence-electron chi connectivity index (χ2n) is 7.89. The predicted molar refractivity (Wildman–Crippen MR) is 120 cm³/mol. The molecule has 0 bridgehead atoms. The van der Waals surface area contributed by atoms with Crippen molar-refractivity contribution in [1.82, 2.24) is 15.0 Å². The van der Waals surface area contributed by atoms with Crippen molar-refractivity contribution >= 4 is 39.9 Å². The van der Waals surface area contributed by atoms with Crippen LogP contribution in [0.5, 0.6) is 0 Å². The molecule has 7 heteroatoms. The van der Waals surface area contributed by atoms with Gasteiger partial charge in [-0.3, -0.25) is 9.91 Å². The predicted octanol–water partition coefficient (Wildman–Crippen LogP) is 4.93. The molecule has 1 aromatic heterocycles. The number of rotatable bonds is 4. The van der Waals surface area contributed by atoms with Gasteiger partial charge in [0.2, 0.25) is 5.95 Å². The van der Waals surface area contributed by atoms with Crippen molar-refractivity contribution in [2.75, 3.05) is 28.8 Å². The lowest BCUT2D eigenvalue weighted by Gasteiger charge is -2.45. The van der Waals surface area contributed by atoms with Gasteiger partial charge in [0.05, 0.1) is 12.2 Å². The molecule has 2 aromatic carbocycles. The van der Waals surface area contributed by atoms with Crippen LogP contribution in [0.4, 0.5) is 27.9 Å². The van der Waals surface area contributed by atoms with Crippen LogP contribution >= 0.6 is 0 Å². The molecule has 1 aliphatic heterocycles. The van der Waals surface area contributed by atoms with E-state index in [-0.39, 0.29) is 6.03 Å². The van der Waals surface area contributed by atoms with Crippen LogP contribution in [0.15, 0.2) is 48.7 Å². The molecule has 30 heavy (non-hydrogen) atoms. The third-order valence-electron chi connectivity index (χ3n) is 6.10. The highest BCUT2D eigenvalue weighted by Crippen LogP contribution is 2.39. The van der Waals surface area contributed by atoms with Gasteiger partial charge in [-0.05, 0) is 31.2 Å². The summed E-state index contributed by atoms with van der Waals surface area (Å²) in [6.07, 6.45) is 6.27. The lowest BCUT2D eigenvalue weighted by atomic mass is 10.1. The Morgan fingerprint density at radius 1 is 1.10 bits per heavy atom. The third kappa shape index (κ3) is 3.01. The number of aromatic nitrogens is 2. The molecule has 7 nitrogen and oxygen atoms in total. The van der Waals surface area contributed by atoms with Crippen molar-refractivity contribution in [2.45, 2.75) is 38.6 Å². The maximum Gasteiger partial charge on any atom is 0.343 e. The lowest BCUT2D eigenvalue weighted by molar-refractivity contribution is 0.191. The smallest absolute Gasteiger partial charge is 0.324 e. The summed E-state index contributed by atoms with van der Waals surface area (Å²) in [5, 5.41) is 9.60. The Kier molecular flexibility index (Phi) is 4.65. The average Bonchev–Trinajstić information content (AvgIpc) is 3.30. The van der Waals surface area contributed by atoms with Gasteiger partial charge in [0, 0.05) is 24.7 Å². The van der Waals surface area contributed by atoms with Crippen LogP contribution in [-0.4, -0.2) is 40.6 Å². The van der Waals surface area contributed by atoms with E-state index in [9.17, 15) is 4.79 Å². The third-order valence-corrected chi connectivity index (χ3v) is 6.10. The highest BCUT2D eigenvalue weighted by atomic mass is 16.2. The van der Waals surface area contributed by atoms with Crippen LogP contribution in [0.2, 0.25) is 0 Å². The first-order chi connectivity index (χ1) is 14.7. The number of urea groups is 1. The minimum Gasteiger partial charge on any atom is -0.324 e. The Hall–Kier alpha value is -3.35. The number of hydrogen-bond acceptors (Lipinski definition) is 5. The molecule has 1 saturated carbocycles. The highest BCUT2D eigenvalue weighted by Gasteiger charge is 2.39. The van der Waals surface area contributed by atoms with Crippen LogP contribution in [0.25, 0.3) is 10.8 Å². The summed E-state index contributed by atoms with van der Waals surface area (Å²) in [4.78, 5) is 24.0. The van der Waals surface area contributed by atoms with Gasteiger partial charge in [-0.25, -0.2) is 14.8 Å². The number of benzene rings is 2. The van der Waals surface area contributed by atoms with Gasteiger partial charge in [-0.2, -0.15) is 4.98 Å². The van der Waals surface area contributed by atoms with Crippen molar-refractivity contribution in [1.29, 1.82) is 0 Å². The highest BCUT2D eigenvalue weighted by molar-refractivity contribution is 5.99. The quantitative estimate of drug-likeness (QED) is 0.670. The standard InChI is InChI=1S/C23H26N6O/c1-3-28-23(30)27(2)20-15-24-22(26-21(20)29(28)17-11-5-6-12-17)25-19-14-8-10-16-9-4-7-13-18(16)19/h4,7-10,13-15,17H,3,5-6,11-12H2,1-2H3,(H,24,25,26). The lowest BCUT2D eigenvalue weighted by Crippen LogP contribution is -2.59. The zero-order chi connectivity index (χ0) is 20.7. The van der Waals surface area contributed by atoms with E-state index < -0.39 is 0 Å². The molecule has 0 atom stereocenters. The molecule has 2 amide bonds. The van der Waals surface area contributed by atoms with Crippen molar-refractivity contribution in [3.8, 4) is 0 Å². The van der Waals surface area contributed by atoms with E-state index in [0.717, 1.165) is 40.8 Å². The number of amides is 2. The van der Waals surface area contributed by atoms with Crippen LogP contribution in [0, 0.1) is 0 Å².